The Hall–Kier alpha value is -2.06. The molecule has 2 aromatic carbocycles. The molecule has 0 saturated carbocycles. The summed E-state index contributed by atoms with van der Waals surface area (Å²) in [6.45, 7) is 0. The molecule has 0 radical (unpaired) electrons. The zero-order valence-electron chi connectivity index (χ0n) is 10.4. The lowest BCUT2D eigenvalue weighted by atomic mass is 10.2. The monoisotopic (exact) mass is 370 g/mol. The molecule has 0 aliphatic heterocycles. The summed E-state index contributed by atoms with van der Waals surface area (Å²) in [6, 6.07) is 9.29. The average molecular weight is 371 g/mol. The number of halogens is 1. The molecule has 0 unspecified atom stereocenters. The highest BCUT2D eigenvalue weighted by Crippen LogP contribution is 2.23. The van der Waals surface area contributed by atoms with Gasteiger partial charge in [-0.2, -0.15) is 0 Å². The molecule has 0 spiro atoms. The van der Waals surface area contributed by atoms with Crippen LogP contribution in [0.25, 0.3) is 0 Å². The quantitative estimate of drug-likeness (QED) is 0.855. The standard InChI is InChI=1S/C13H10BrNO5S/c14-8-2-1-3-9(6-8)15-21(19,20)10-4-5-12(16)11(7-10)13(17)18/h1-7,15-16H,(H,17,18)/p-1. The highest BCUT2D eigenvalue weighted by Gasteiger charge is 2.17. The zero-order valence-corrected chi connectivity index (χ0v) is 12.8. The van der Waals surface area contributed by atoms with E-state index in [1.54, 1.807) is 24.3 Å². The van der Waals surface area contributed by atoms with E-state index < -0.39 is 27.3 Å². The van der Waals surface area contributed by atoms with Crippen molar-refractivity contribution in [2.24, 2.45) is 0 Å². The molecule has 6 nitrogen and oxygen atoms in total. The second-order valence-corrected chi connectivity index (χ2v) is 6.68. The van der Waals surface area contributed by atoms with Gasteiger partial charge >= 0.3 is 5.97 Å². The maximum Gasteiger partial charge on any atom is 0.335 e. The molecule has 0 amide bonds. The van der Waals surface area contributed by atoms with Gasteiger partial charge in [0.15, 0.2) is 0 Å². The van der Waals surface area contributed by atoms with Gasteiger partial charge in [0.25, 0.3) is 10.0 Å². The van der Waals surface area contributed by atoms with E-state index in [1.165, 1.54) is 0 Å². The minimum atomic E-state index is -3.98. The lowest BCUT2D eigenvalue weighted by Gasteiger charge is -2.13. The van der Waals surface area contributed by atoms with Crippen LogP contribution in [0.3, 0.4) is 0 Å². The number of sulfonamides is 1. The number of carboxylic acids is 1. The number of carboxylic acid groups (broad SMARTS) is 1. The Balaban J connectivity index is 2.40. The number of nitrogens with one attached hydrogen (secondary N) is 1. The molecule has 8 heteroatoms. The normalized spacial score (nSPS) is 11.1. The number of hydrogen-bond acceptors (Lipinski definition) is 4. The van der Waals surface area contributed by atoms with Crippen molar-refractivity contribution in [3.8, 4) is 5.75 Å². The largest absolute Gasteiger partial charge is 0.872 e. The lowest BCUT2D eigenvalue weighted by Crippen LogP contribution is -2.14. The van der Waals surface area contributed by atoms with Crippen molar-refractivity contribution in [2.75, 3.05) is 4.72 Å². The molecular formula is C13H9BrNO5S-. The number of rotatable bonds is 4. The fourth-order valence-corrected chi connectivity index (χ4v) is 3.08. The predicted octanol–water partition coefficient (Wildman–Crippen LogP) is 2.02. The van der Waals surface area contributed by atoms with Gasteiger partial charge in [-0.15, -0.1) is 0 Å². The Morgan fingerprint density at radius 1 is 1.19 bits per heavy atom. The Kier molecular flexibility index (Phi) is 4.19. The van der Waals surface area contributed by atoms with Gasteiger partial charge in [-0.05, 0) is 30.3 Å². The van der Waals surface area contributed by atoms with Crippen molar-refractivity contribution in [2.45, 2.75) is 4.90 Å². The third-order valence-electron chi connectivity index (χ3n) is 2.57. The van der Waals surface area contributed by atoms with Gasteiger partial charge in [-0.25, -0.2) is 13.2 Å². The van der Waals surface area contributed by atoms with Crippen LogP contribution >= 0.6 is 15.9 Å². The Bertz CT molecular complexity index is 804. The van der Waals surface area contributed by atoms with E-state index in [2.05, 4.69) is 20.7 Å². The van der Waals surface area contributed by atoms with Crippen LogP contribution in [0.4, 0.5) is 5.69 Å². The zero-order chi connectivity index (χ0) is 15.6. The first-order valence-electron chi connectivity index (χ1n) is 5.62. The molecule has 21 heavy (non-hydrogen) atoms. The van der Waals surface area contributed by atoms with Crippen LogP contribution < -0.4 is 9.83 Å². The van der Waals surface area contributed by atoms with Crippen LogP contribution in [-0.4, -0.2) is 19.5 Å². The molecule has 2 rings (SSSR count). The molecule has 2 N–H and O–H groups in total. The Morgan fingerprint density at radius 3 is 2.52 bits per heavy atom. The maximum atomic E-state index is 12.2. The van der Waals surface area contributed by atoms with Crippen molar-refractivity contribution in [1.29, 1.82) is 0 Å². The third-order valence-corrected chi connectivity index (χ3v) is 4.44. The second-order valence-electron chi connectivity index (χ2n) is 4.08. The van der Waals surface area contributed by atoms with E-state index >= 15 is 0 Å². The first kappa shape index (κ1) is 15.3. The number of benzene rings is 2. The van der Waals surface area contributed by atoms with Crippen LogP contribution in [0, 0.1) is 0 Å². The lowest BCUT2D eigenvalue weighted by molar-refractivity contribution is -0.268. The topological polar surface area (TPSA) is 107 Å². The molecule has 0 saturated heterocycles. The fourth-order valence-electron chi connectivity index (χ4n) is 1.61. The van der Waals surface area contributed by atoms with Crippen molar-refractivity contribution in [3.63, 3.8) is 0 Å². The van der Waals surface area contributed by atoms with E-state index in [9.17, 15) is 18.3 Å². The summed E-state index contributed by atoms with van der Waals surface area (Å²) in [5, 5.41) is 20.2. The van der Waals surface area contributed by atoms with Gasteiger partial charge < -0.3 is 10.2 Å². The molecule has 0 heterocycles. The van der Waals surface area contributed by atoms with E-state index in [-0.39, 0.29) is 4.90 Å². The first-order chi connectivity index (χ1) is 9.79. The number of aromatic carboxylic acids is 1. The van der Waals surface area contributed by atoms with Crippen molar-refractivity contribution in [1.82, 2.24) is 0 Å². The van der Waals surface area contributed by atoms with E-state index in [1.807, 2.05) is 0 Å². The van der Waals surface area contributed by atoms with Gasteiger partial charge in [0.2, 0.25) is 0 Å². The summed E-state index contributed by atoms with van der Waals surface area (Å²) in [6.07, 6.45) is 0. The predicted molar refractivity (Wildman–Crippen MR) is 77.8 cm³/mol. The smallest absolute Gasteiger partial charge is 0.335 e. The highest BCUT2D eigenvalue weighted by atomic mass is 79.9. The number of anilines is 1. The van der Waals surface area contributed by atoms with Crippen molar-refractivity contribution >= 4 is 37.6 Å². The molecule has 0 aromatic heterocycles. The molecule has 2 aromatic rings. The Morgan fingerprint density at radius 2 is 1.90 bits per heavy atom. The van der Waals surface area contributed by atoms with Gasteiger partial charge in [-0.1, -0.05) is 33.8 Å². The van der Waals surface area contributed by atoms with E-state index in [4.69, 9.17) is 5.11 Å². The van der Waals surface area contributed by atoms with Gasteiger partial charge in [-0.3, -0.25) is 4.72 Å². The summed E-state index contributed by atoms with van der Waals surface area (Å²) in [5.74, 6) is -2.22. The van der Waals surface area contributed by atoms with Crippen LogP contribution in [0.5, 0.6) is 5.75 Å². The molecule has 0 fully saturated rings. The summed E-state index contributed by atoms with van der Waals surface area (Å²) in [4.78, 5) is 10.6. The molecule has 0 aliphatic rings. The molecule has 0 bridgehead atoms. The van der Waals surface area contributed by atoms with Crippen LogP contribution in [0.15, 0.2) is 51.8 Å². The SMILES string of the molecule is O=C(O)c1cc(S(=O)(=O)Nc2cccc(Br)c2)ccc1[O-]. The minimum absolute atomic E-state index is 0.292. The van der Waals surface area contributed by atoms with Gasteiger partial charge in [0.05, 0.1) is 10.5 Å². The van der Waals surface area contributed by atoms with Crippen LogP contribution in [-0.2, 0) is 10.0 Å². The summed E-state index contributed by atoms with van der Waals surface area (Å²) in [5.41, 5.74) is -0.278. The van der Waals surface area contributed by atoms with E-state index in [0.717, 1.165) is 18.2 Å². The Labute approximate surface area is 129 Å². The summed E-state index contributed by atoms with van der Waals surface area (Å²) >= 11 is 3.21. The van der Waals surface area contributed by atoms with Crippen molar-refractivity contribution in [3.05, 3.63) is 52.5 Å². The first-order valence-corrected chi connectivity index (χ1v) is 7.90. The van der Waals surface area contributed by atoms with E-state index in [0.29, 0.717) is 10.2 Å². The average Bonchev–Trinajstić information content (AvgIpc) is 2.38. The molecule has 0 aliphatic carbocycles. The number of carbonyl (C=O) groups is 1. The van der Waals surface area contributed by atoms with Crippen LogP contribution in [0.1, 0.15) is 10.4 Å². The van der Waals surface area contributed by atoms with Crippen molar-refractivity contribution < 1.29 is 23.4 Å². The minimum Gasteiger partial charge on any atom is -0.872 e. The van der Waals surface area contributed by atoms with Crippen LogP contribution in [0.2, 0.25) is 0 Å². The molecule has 110 valence electrons. The third kappa shape index (κ3) is 3.53. The van der Waals surface area contributed by atoms with Gasteiger partial charge in [0.1, 0.15) is 0 Å². The van der Waals surface area contributed by atoms with Gasteiger partial charge in [0, 0.05) is 10.2 Å². The second kappa shape index (κ2) is 5.74. The fraction of sp³-hybridized carbons (Fsp3) is 0. The summed E-state index contributed by atoms with van der Waals surface area (Å²) < 4.78 is 27.3. The number of hydrogen-bond donors (Lipinski definition) is 2. The summed E-state index contributed by atoms with van der Waals surface area (Å²) in [7, 11) is -3.98. The molecule has 0 atom stereocenters. The highest BCUT2D eigenvalue weighted by molar-refractivity contribution is 9.10. The molecular weight excluding hydrogens is 362 g/mol. The maximum absolute atomic E-state index is 12.2.